The summed E-state index contributed by atoms with van der Waals surface area (Å²) in [6.07, 6.45) is 0. The number of likely N-dealkylation sites (N-methyl/N-ethyl adjacent to an activating group) is 1. The third-order valence-electron chi connectivity index (χ3n) is 3.00. The summed E-state index contributed by atoms with van der Waals surface area (Å²) in [5.74, 6) is 0.569. The van der Waals surface area contributed by atoms with Crippen LogP contribution >= 0.6 is 0 Å². The Morgan fingerprint density at radius 2 is 1.87 bits per heavy atom. The van der Waals surface area contributed by atoms with E-state index < -0.39 is 0 Å². The van der Waals surface area contributed by atoms with Crippen molar-refractivity contribution in [2.24, 2.45) is 11.7 Å². The van der Waals surface area contributed by atoms with Gasteiger partial charge in [0.25, 0.3) is 0 Å². The van der Waals surface area contributed by atoms with E-state index in [2.05, 4.69) is 57.0 Å². The van der Waals surface area contributed by atoms with E-state index in [1.165, 1.54) is 11.3 Å². The minimum Gasteiger partial charge on any atom is -0.370 e. The quantitative estimate of drug-likeness (QED) is 0.819. The second-order valence-corrected chi connectivity index (χ2v) is 4.44. The number of para-hydroxylation sites is 1. The smallest absolute Gasteiger partial charge is 0.0432 e. The predicted octanol–water partition coefficient (Wildman–Crippen LogP) is 2.41. The standard InChI is InChI=1S/C13H22N2/c1-10(2)13(9-14)15(4)12-8-6-5-7-11(12)3/h5-8,10,13H,9,14H2,1-4H3. The first-order valence-electron chi connectivity index (χ1n) is 5.56. The van der Waals surface area contributed by atoms with E-state index in [4.69, 9.17) is 5.73 Å². The van der Waals surface area contributed by atoms with Crippen molar-refractivity contribution < 1.29 is 0 Å². The van der Waals surface area contributed by atoms with Gasteiger partial charge in [-0.05, 0) is 24.5 Å². The fourth-order valence-electron chi connectivity index (χ4n) is 2.02. The van der Waals surface area contributed by atoms with E-state index in [0.717, 1.165) is 0 Å². The lowest BCUT2D eigenvalue weighted by atomic mass is 10.0. The number of benzene rings is 1. The van der Waals surface area contributed by atoms with Crippen LogP contribution in [0.4, 0.5) is 5.69 Å². The van der Waals surface area contributed by atoms with Crippen LogP contribution in [-0.4, -0.2) is 19.6 Å². The van der Waals surface area contributed by atoms with Gasteiger partial charge in [-0.3, -0.25) is 0 Å². The second-order valence-electron chi connectivity index (χ2n) is 4.44. The van der Waals surface area contributed by atoms with E-state index in [9.17, 15) is 0 Å². The summed E-state index contributed by atoms with van der Waals surface area (Å²) in [7, 11) is 2.12. The maximum absolute atomic E-state index is 5.82. The fourth-order valence-corrected chi connectivity index (χ4v) is 2.02. The van der Waals surface area contributed by atoms with Crippen LogP contribution in [0.5, 0.6) is 0 Å². The molecule has 0 aliphatic heterocycles. The van der Waals surface area contributed by atoms with E-state index in [0.29, 0.717) is 18.5 Å². The molecule has 1 atom stereocenters. The molecular weight excluding hydrogens is 184 g/mol. The Balaban J connectivity index is 2.92. The highest BCUT2D eigenvalue weighted by Gasteiger charge is 2.18. The highest BCUT2D eigenvalue weighted by molar-refractivity contribution is 5.53. The van der Waals surface area contributed by atoms with Crippen molar-refractivity contribution in [3.63, 3.8) is 0 Å². The third-order valence-corrected chi connectivity index (χ3v) is 3.00. The summed E-state index contributed by atoms with van der Waals surface area (Å²) in [5, 5.41) is 0. The molecule has 2 N–H and O–H groups in total. The molecule has 0 saturated carbocycles. The molecule has 15 heavy (non-hydrogen) atoms. The predicted molar refractivity (Wildman–Crippen MR) is 67.3 cm³/mol. The fraction of sp³-hybridized carbons (Fsp3) is 0.538. The van der Waals surface area contributed by atoms with Crippen LogP contribution < -0.4 is 10.6 Å². The summed E-state index contributed by atoms with van der Waals surface area (Å²) in [4.78, 5) is 2.29. The summed E-state index contributed by atoms with van der Waals surface area (Å²) in [5.41, 5.74) is 8.40. The topological polar surface area (TPSA) is 29.3 Å². The molecule has 2 heteroatoms. The van der Waals surface area contributed by atoms with Crippen LogP contribution in [-0.2, 0) is 0 Å². The van der Waals surface area contributed by atoms with Crippen LogP contribution in [0.3, 0.4) is 0 Å². The largest absolute Gasteiger partial charge is 0.370 e. The number of aryl methyl sites for hydroxylation is 1. The van der Waals surface area contributed by atoms with Gasteiger partial charge in [-0.25, -0.2) is 0 Å². The first-order chi connectivity index (χ1) is 7.07. The first-order valence-corrected chi connectivity index (χ1v) is 5.56. The van der Waals surface area contributed by atoms with Crippen molar-refractivity contribution in [1.82, 2.24) is 0 Å². The SMILES string of the molecule is Cc1ccccc1N(C)C(CN)C(C)C. The van der Waals surface area contributed by atoms with E-state index in [-0.39, 0.29) is 0 Å². The number of nitrogens with two attached hydrogens (primary N) is 1. The minimum atomic E-state index is 0.408. The van der Waals surface area contributed by atoms with Gasteiger partial charge < -0.3 is 10.6 Å². The van der Waals surface area contributed by atoms with Crippen molar-refractivity contribution in [3.8, 4) is 0 Å². The Hall–Kier alpha value is -1.02. The first kappa shape index (κ1) is 12.1. The number of hydrogen-bond donors (Lipinski definition) is 1. The monoisotopic (exact) mass is 206 g/mol. The average Bonchev–Trinajstić information content (AvgIpc) is 2.18. The Kier molecular flexibility index (Phi) is 4.15. The maximum atomic E-state index is 5.82. The zero-order valence-corrected chi connectivity index (χ0v) is 10.2. The van der Waals surface area contributed by atoms with Gasteiger partial charge in [0.05, 0.1) is 0 Å². The van der Waals surface area contributed by atoms with Gasteiger partial charge in [-0.1, -0.05) is 32.0 Å². The molecule has 84 valence electrons. The zero-order chi connectivity index (χ0) is 11.4. The van der Waals surface area contributed by atoms with Crippen molar-refractivity contribution in [2.45, 2.75) is 26.8 Å². The molecule has 1 aromatic rings. The number of rotatable bonds is 4. The average molecular weight is 206 g/mol. The Labute approximate surface area is 93.1 Å². The van der Waals surface area contributed by atoms with Crippen LogP contribution in [0.2, 0.25) is 0 Å². The van der Waals surface area contributed by atoms with E-state index >= 15 is 0 Å². The summed E-state index contributed by atoms with van der Waals surface area (Å²) < 4.78 is 0. The molecule has 0 aliphatic carbocycles. The molecular formula is C13H22N2. The second kappa shape index (κ2) is 5.17. The van der Waals surface area contributed by atoms with Gasteiger partial charge >= 0.3 is 0 Å². The lowest BCUT2D eigenvalue weighted by molar-refractivity contribution is 0.479. The highest BCUT2D eigenvalue weighted by Crippen LogP contribution is 2.22. The summed E-state index contributed by atoms with van der Waals surface area (Å²) >= 11 is 0. The van der Waals surface area contributed by atoms with Gasteiger partial charge in [0.15, 0.2) is 0 Å². The molecule has 2 nitrogen and oxygen atoms in total. The lowest BCUT2D eigenvalue weighted by Crippen LogP contribution is -2.42. The Morgan fingerprint density at radius 3 is 2.33 bits per heavy atom. The zero-order valence-electron chi connectivity index (χ0n) is 10.2. The molecule has 1 rings (SSSR count). The highest BCUT2D eigenvalue weighted by atomic mass is 15.1. The van der Waals surface area contributed by atoms with Crippen molar-refractivity contribution in [2.75, 3.05) is 18.5 Å². The van der Waals surface area contributed by atoms with Crippen molar-refractivity contribution in [1.29, 1.82) is 0 Å². The molecule has 1 aromatic carbocycles. The number of nitrogens with zero attached hydrogens (tertiary/aromatic N) is 1. The molecule has 0 saturated heterocycles. The number of hydrogen-bond acceptors (Lipinski definition) is 2. The Morgan fingerprint density at radius 1 is 1.27 bits per heavy atom. The molecule has 0 amide bonds. The number of anilines is 1. The van der Waals surface area contributed by atoms with E-state index in [1.54, 1.807) is 0 Å². The van der Waals surface area contributed by atoms with Gasteiger partial charge in [0.1, 0.15) is 0 Å². The maximum Gasteiger partial charge on any atom is 0.0432 e. The molecule has 0 spiro atoms. The Bertz CT molecular complexity index is 307. The van der Waals surface area contributed by atoms with Gasteiger partial charge in [0.2, 0.25) is 0 Å². The van der Waals surface area contributed by atoms with E-state index in [1.807, 2.05) is 0 Å². The minimum absolute atomic E-state index is 0.408. The third kappa shape index (κ3) is 2.72. The van der Waals surface area contributed by atoms with Gasteiger partial charge in [-0.15, -0.1) is 0 Å². The summed E-state index contributed by atoms with van der Waals surface area (Å²) in [6, 6.07) is 8.85. The molecule has 0 fully saturated rings. The molecule has 0 radical (unpaired) electrons. The van der Waals surface area contributed by atoms with Crippen LogP contribution in [0.1, 0.15) is 19.4 Å². The molecule has 0 bridgehead atoms. The van der Waals surface area contributed by atoms with Gasteiger partial charge in [-0.2, -0.15) is 0 Å². The lowest BCUT2D eigenvalue weighted by Gasteiger charge is -2.33. The molecule has 0 heterocycles. The molecule has 0 aromatic heterocycles. The van der Waals surface area contributed by atoms with Crippen LogP contribution in [0.25, 0.3) is 0 Å². The van der Waals surface area contributed by atoms with Gasteiger partial charge in [0, 0.05) is 25.3 Å². The normalized spacial score (nSPS) is 12.9. The molecule has 1 unspecified atom stereocenters. The van der Waals surface area contributed by atoms with Crippen LogP contribution in [0.15, 0.2) is 24.3 Å². The summed E-state index contributed by atoms with van der Waals surface area (Å²) in [6.45, 7) is 7.26. The van der Waals surface area contributed by atoms with Crippen LogP contribution in [0, 0.1) is 12.8 Å². The van der Waals surface area contributed by atoms with Crippen molar-refractivity contribution >= 4 is 5.69 Å². The molecule has 0 aliphatic rings. The van der Waals surface area contributed by atoms with Crippen molar-refractivity contribution in [3.05, 3.63) is 29.8 Å².